The van der Waals surface area contributed by atoms with Crippen LogP contribution in [0.4, 0.5) is 4.39 Å². The minimum atomic E-state index is -0.611. The number of aryl methyl sites for hydroxylation is 1. The standard InChI is InChI=1S/C24H22ClFN4O3/c1-3-6-18-21-20(14(11-27)23(28)33-24(21)30-29-18)13-7-4-10-19(31-2)22(13)32-12-15-16(25)8-5-9-17(15)26/h4-5,7-10,20H,3,6,12,28H2,1-2H3,(H,29,30)/t20-/m0/s1. The number of nitrogens with one attached hydrogen (secondary N) is 1. The maximum Gasteiger partial charge on any atom is 0.244 e. The zero-order chi connectivity index (χ0) is 23.5. The Morgan fingerprint density at radius 3 is 2.79 bits per heavy atom. The van der Waals surface area contributed by atoms with E-state index >= 15 is 0 Å². The number of para-hydroxylation sites is 1. The summed E-state index contributed by atoms with van der Waals surface area (Å²) in [5.74, 6) is -0.0402. The summed E-state index contributed by atoms with van der Waals surface area (Å²) in [5.41, 5.74) is 8.69. The molecule has 0 radical (unpaired) electrons. The number of nitrogens with zero attached hydrogens (tertiary/aromatic N) is 2. The molecule has 9 heteroatoms. The van der Waals surface area contributed by atoms with E-state index in [1.54, 1.807) is 18.2 Å². The molecule has 0 fully saturated rings. The van der Waals surface area contributed by atoms with E-state index in [1.165, 1.54) is 19.2 Å². The predicted molar refractivity (Wildman–Crippen MR) is 121 cm³/mol. The number of nitrogens with two attached hydrogens (primary N) is 1. The van der Waals surface area contributed by atoms with Gasteiger partial charge in [0, 0.05) is 16.8 Å². The third-order valence-corrected chi connectivity index (χ3v) is 5.83. The fourth-order valence-electron chi connectivity index (χ4n) is 3.95. The fraction of sp³-hybridized carbons (Fsp3) is 0.250. The number of aromatic amines is 1. The number of rotatable bonds is 7. The van der Waals surface area contributed by atoms with Gasteiger partial charge in [-0.3, -0.25) is 5.10 Å². The second kappa shape index (κ2) is 9.43. The molecule has 2 heterocycles. The van der Waals surface area contributed by atoms with E-state index in [9.17, 15) is 9.65 Å². The Balaban J connectivity index is 1.86. The van der Waals surface area contributed by atoms with E-state index < -0.39 is 11.7 Å². The van der Waals surface area contributed by atoms with E-state index in [-0.39, 0.29) is 28.6 Å². The number of methoxy groups -OCH3 is 1. The number of hydrogen-bond acceptors (Lipinski definition) is 6. The van der Waals surface area contributed by atoms with Gasteiger partial charge in [-0.2, -0.15) is 5.26 Å². The number of hydrogen-bond donors (Lipinski definition) is 2. The van der Waals surface area contributed by atoms with Gasteiger partial charge in [-0.05, 0) is 24.6 Å². The molecule has 33 heavy (non-hydrogen) atoms. The van der Waals surface area contributed by atoms with Gasteiger partial charge < -0.3 is 19.9 Å². The molecule has 0 bridgehead atoms. The number of aromatic nitrogens is 2. The highest BCUT2D eigenvalue weighted by Crippen LogP contribution is 2.48. The van der Waals surface area contributed by atoms with Crippen molar-refractivity contribution in [3.05, 3.63) is 81.1 Å². The molecule has 0 aliphatic carbocycles. The molecule has 0 saturated heterocycles. The number of H-pyrrole nitrogens is 1. The maximum atomic E-state index is 14.4. The lowest BCUT2D eigenvalue weighted by molar-refractivity contribution is 0.275. The van der Waals surface area contributed by atoms with Gasteiger partial charge in [0.1, 0.15) is 24.1 Å². The second-order valence-electron chi connectivity index (χ2n) is 7.46. The monoisotopic (exact) mass is 468 g/mol. The van der Waals surface area contributed by atoms with Gasteiger partial charge in [0.05, 0.1) is 23.6 Å². The van der Waals surface area contributed by atoms with Crippen LogP contribution in [0.1, 0.15) is 41.6 Å². The summed E-state index contributed by atoms with van der Waals surface area (Å²) in [6.45, 7) is 1.91. The van der Waals surface area contributed by atoms with Crippen LogP contribution in [-0.2, 0) is 13.0 Å². The van der Waals surface area contributed by atoms with Crippen molar-refractivity contribution in [3.8, 4) is 23.4 Å². The number of fused-ring (bicyclic) bond motifs is 1. The highest BCUT2D eigenvalue weighted by atomic mass is 35.5. The minimum Gasteiger partial charge on any atom is -0.493 e. The van der Waals surface area contributed by atoms with Gasteiger partial charge in [-0.15, -0.1) is 5.10 Å². The first-order chi connectivity index (χ1) is 16.0. The van der Waals surface area contributed by atoms with E-state index in [0.717, 1.165) is 12.1 Å². The quantitative estimate of drug-likeness (QED) is 0.507. The first-order valence-corrected chi connectivity index (χ1v) is 10.7. The molecule has 0 spiro atoms. The molecule has 7 nitrogen and oxygen atoms in total. The molecule has 0 saturated carbocycles. The zero-order valence-electron chi connectivity index (χ0n) is 18.1. The van der Waals surface area contributed by atoms with Gasteiger partial charge in [0.25, 0.3) is 0 Å². The van der Waals surface area contributed by atoms with Crippen molar-refractivity contribution in [3.63, 3.8) is 0 Å². The SMILES string of the molecule is CCCc1[nH]nc2c1[C@@H](c1cccc(OC)c1OCc1c(F)cccc1Cl)C(C#N)=C(N)O2. The molecule has 3 N–H and O–H groups in total. The topological polar surface area (TPSA) is 106 Å². The number of ether oxygens (including phenoxy) is 3. The first kappa shape index (κ1) is 22.5. The molecule has 1 aliphatic rings. The summed E-state index contributed by atoms with van der Waals surface area (Å²) in [6.07, 6.45) is 1.56. The Bertz CT molecular complexity index is 1240. The Morgan fingerprint density at radius 1 is 1.30 bits per heavy atom. The van der Waals surface area contributed by atoms with Crippen molar-refractivity contribution in [2.75, 3.05) is 7.11 Å². The van der Waals surface area contributed by atoms with Gasteiger partial charge in [-0.25, -0.2) is 4.39 Å². The van der Waals surface area contributed by atoms with Gasteiger partial charge in [0.2, 0.25) is 11.8 Å². The minimum absolute atomic E-state index is 0.0320. The molecular weight excluding hydrogens is 447 g/mol. The van der Waals surface area contributed by atoms with Crippen molar-refractivity contribution in [1.29, 1.82) is 5.26 Å². The van der Waals surface area contributed by atoms with Crippen LogP contribution in [0.3, 0.4) is 0 Å². The number of halogens is 2. The molecular formula is C24H22ClFN4O3. The first-order valence-electron chi connectivity index (χ1n) is 10.4. The van der Waals surface area contributed by atoms with Crippen molar-refractivity contribution in [1.82, 2.24) is 10.2 Å². The van der Waals surface area contributed by atoms with E-state index in [0.29, 0.717) is 34.9 Å². The molecule has 0 amide bonds. The highest BCUT2D eigenvalue weighted by Gasteiger charge is 2.37. The maximum absolute atomic E-state index is 14.4. The molecule has 0 unspecified atom stereocenters. The molecule has 1 atom stereocenters. The third-order valence-electron chi connectivity index (χ3n) is 5.48. The van der Waals surface area contributed by atoms with Gasteiger partial charge >= 0.3 is 0 Å². The van der Waals surface area contributed by atoms with Crippen LogP contribution < -0.4 is 19.9 Å². The smallest absolute Gasteiger partial charge is 0.244 e. The molecule has 1 aromatic heterocycles. The van der Waals surface area contributed by atoms with Crippen molar-refractivity contribution < 1.29 is 18.6 Å². The van der Waals surface area contributed by atoms with Gasteiger partial charge in [-0.1, -0.05) is 43.1 Å². The lowest BCUT2D eigenvalue weighted by atomic mass is 9.83. The van der Waals surface area contributed by atoms with Crippen LogP contribution >= 0.6 is 11.6 Å². The van der Waals surface area contributed by atoms with Crippen LogP contribution in [0.15, 0.2) is 47.9 Å². The molecule has 170 valence electrons. The predicted octanol–water partition coefficient (Wildman–Crippen LogP) is 4.96. The van der Waals surface area contributed by atoms with Gasteiger partial charge in [0.15, 0.2) is 11.5 Å². The van der Waals surface area contributed by atoms with Crippen molar-refractivity contribution >= 4 is 11.6 Å². The fourth-order valence-corrected chi connectivity index (χ4v) is 4.17. The van der Waals surface area contributed by atoms with Crippen LogP contribution in [0.25, 0.3) is 0 Å². The molecule has 2 aromatic carbocycles. The molecule has 4 rings (SSSR count). The second-order valence-corrected chi connectivity index (χ2v) is 7.87. The van der Waals surface area contributed by atoms with Crippen LogP contribution in [-0.4, -0.2) is 17.3 Å². The highest BCUT2D eigenvalue weighted by molar-refractivity contribution is 6.31. The van der Waals surface area contributed by atoms with E-state index in [1.807, 2.05) is 13.0 Å². The summed E-state index contributed by atoms with van der Waals surface area (Å²) in [5, 5.41) is 17.4. The number of benzene rings is 2. The summed E-state index contributed by atoms with van der Waals surface area (Å²) in [4.78, 5) is 0. The Labute approximate surface area is 195 Å². The average molecular weight is 469 g/mol. The molecule has 3 aromatic rings. The normalized spacial score (nSPS) is 14.9. The third kappa shape index (κ3) is 4.08. The lowest BCUT2D eigenvalue weighted by Gasteiger charge is -2.26. The van der Waals surface area contributed by atoms with Crippen LogP contribution in [0, 0.1) is 17.1 Å². The zero-order valence-corrected chi connectivity index (χ0v) is 18.9. The summed E-state index contributed by atoms with van der Waals surface area (Å²) in [7, 11) is 1.51. The lowest BCUT2D eigenvalue weighted by Crippen LogP contribution is -2.22. The summed E-state index contributed by atoms with van der Waals surface area (Å²) >= 11 is 6.18. The van der Waals surface area contributed by atoms with Crippen molar-refractivity contribution in [2.45, 2.75) is 32.3 Å². The summed E-state index contributed by atoms with van der Waals surface area (Å²) < 4.78 is 31.6. The van der Waals surface area contributed by atoms with E-state index in [4.69, 9.17) is 31.5 Å². The van der Waals surface area contributed by atoms with Crippen LogP contribution in [0.2, 0.25) is 5.02 Å². The van der Waals surface area contributed by atoms with Crippen LogP contribution in [0.5, 0.6) is 17.4 Å². The Morgan fingerprint density at radius 2 is 2.09 bits per heavy atom. The summed E-state index contributed by atoms with van der Waals surface area (Å²) in [6, 6.07) is 11.9. The average Bonchev–Trinajstić information content (AvgIpc) is 3.20. The van der Waals surface area contributed by atoms with E-state index in [2.05, 4.69) is 16.3 Å². The number of allylic oxidation sites excluding steroid dienone is 1. The Hall–Kier alpha value is -3.70. The number of nitriles is 1. The molecule has 1 aliphatic heterocycles. The van der Waals surface area contributed by atoms with Crippen molar-refractivity contribution in [2.24, 2.45) is 5.73 Å². The Kier molecular flexibility index (Phi) is 6.43. The largest absolute Gasteiger partial charge is 0.493 e.